The van der Waals surface area contributed by atoms with Crippen LogP contribution in [0.2, 0.25) is 0 Å². The first-order valence-electron chi connectivity index (χ1n) is 9.52. The van der Waals surface area contributed by atoms with Crippen molar-refractivity contribution in [2.45, 2.75) is 51.2 Å². The summed E-state index contributed by atoms with van der Waals surface area (Å²) in [6.45, 7) is 2.76. The molecule has 3 N–H and O–H groups in total. The van der Waals surface area contributed by atoms with E-state index in [-0.39, 0.29) is 24.2 Å². The molecule has 2 fully saturated rings. The van der Waals surface area contributed by atoms with Crippen LogP contribution >= 0.6 is 0 Å². The van der Waals surface area contributed by atoms with Crippen LogP contribution in [0.15, 0.2) is 18.5 Å². The molecular formula is C19H28N4O5. The van der Waals surface area contributed by atoms with Crippen molar-refractivity contribution in [1.82, 2.24) is 14.6 Å². The van der Waals surface area contributed by atoms with E-state index in [0.717, 1.165) is 44.0 Å². The summed E-state index contributed by atoms with van der Waals surface area (Å²) in [5, 5.41) is 11.2. The molecule has 2 unspecified atom stereocenters. The maximum absolute atomic E-state index is 11.8. The van der Waals surface area contributed by atoms with Crippen molar-refractivity contribution in [3.63, 3.8) is 0 Å². The molecule has 0 radical (unpaired) electrons. The van der Waals surface area contributed by atoms with Gasteiger partial charge in [0.1, 0.15) is 31.2 Å². The Labute approximate surface area is 163 Å². The standard InChI is InChI=1S/C18H24N4O4.CH4O/c1-18(7-2-8-18)10-25-17(23)24-9-12-3-6-15(26-12)13-4-5-14-16(19)20-11-21-22(13)14;1-2/h4-5,11-12,15H,2-3,6-10H2,1H3,(H2,19,20,21);2H,1H3. The second kappa shape index (κ2) is 8.74. The normalized spacial score (nSPS) is 22.8. The number of nitrogen functional groups attached to an aromatic ring is 1. The quantitative estimate of drug-likeness (QED) is 0.745. The minimum absolute atomic E-state index is 0.106. The van der Waals surface area contributed by atoms with Crippen molar-refractivity contribution in [3.8, 4) is 0 Å². The predicted molar refractivity (Wildman–Crippen MR) is 102 cm³/mol. The molecule has 0 bridgehead atoms. The molecule has 2 aromatic heterocycles. The van der Waals surface area contributed by atoms with Gasteiger partial charge in [0.05, 0.1) is 11.8 Å². The first-order chi connectivity index (χ1) is 13.5. The number of aliphatic hydroxyl groups is 1. The summed E-state index contributed by atoms with van der Waals surface area (Å²) in [5.74, 6) is 0.437. The van der Waals surface area contributed by atoms with E-state index >= 15 is 0 Å². The number of fused-ring (bicyclic) bond motifs is 1. The van der Waals surface area contributed by atoms with Crippen LogP contribution in [0.25, 0.3) is 5.52 Å². The first kappa shape index (κ1) is 20.3. The largest absolute Gasteiger partial charge is 0.508 e. The second-order valence-electron chi connectivity index (χ2n) is 7.54. The predicted octanol–water partition coefficient (Wildman–Crippen LogP) is 2.48. The average Bonchev–Trinajstić information content (AvgIpc) is 3.32. The molecule has 4 rings (SSSR count). The van der Waals surface area contributed by atoms with E-state index in [4.69, 9.17) is 25.1 Å². The molecule has 0 amide bonds. The topological polar surface area (TPSA) is 121 Å². The summed E-state index contributed by atoms with van der Waals surface area (Å²) in [7, 11) is 1.00. The Morgan fingerprint density at radius 2 is 2.14 bits per heavy atom. The lowest BCUT2D eigenvalue weighted by molar-refractivity contribution is -0.0334. The van der Waals surface area contributed by atoms with Crippen molar-refractivity contribution in [2.24, 2.45) is 5.41 Å². The Hall–Kier alpha value is -2.39. The van der Waals surface area contributed by atoms with Gasteiger partial charge < -0.3 is 25.1 Å². The highest BCUT2D eigenvalue weighted by atomic mass is 16.7. The van der Waals surface area contributed by atoms with E-state index < -0.39 is 6.16 Å². The third kappa shape index (κ3) is 4.36. The molecule has 154 valence electrons. The lowest BCUT2D eigenvalue weighted by Crippen LogP contribution is -2.32. The fraction of sp³-hybridized carbons (Fsp3) is 0.632. The molecule has 3 heterocycles. The van der Waals surface area contributed by atoms with Crippen LogP contribution in [-0.4, -0.2) is 52.3 Å². The number of ether oxygens (including phenoxy) is 3. The third-order valence-electron chi connectivity index (χ3n) is 5.43. The van der Waals surface area contributed by atoms with E-state index in [1.807, 2.05) is 12.1 Å². The molecule has 28 heavy (non-hydrogen) atoms. The van der Waals surface area contributed by atoms with Crippen molar-refractivity contribution in [1.29, 1.82) is 0 Å². The van der Waals surface area contributed by atoms with E-state index in [2.05, 4.69) is 17.0 Å². The summed E-state index contributed by atoms with van der Waals surface area (Å²) in [4.78, 5) is 15.8. The number of hydrogen-bond donors (Lipinski definition) is 2. The number of aliphatic hydroxyl groups excluding tert-OH is 1. The number of carbonyl (C=O) groups is 1. The molecule has 0 aromatic carbocycles. The highest BCUT2D eigenvalue weighted by molar-refractivity contribution is 5.65. The Bertz CT molecular complexity index is 805. The number of nitrogens with zero attached hydrogens (tertiary/aromatic N) is 3. The van der Waals surface area contributed by atoms with Gasteiger partial charge in [-0.1, -0.05) is 13.3 Å². The third-order valence-corrected chi connectivity index (χ3v) is 5.43. The van der Waals surface area contributed by atoms with Crippen LogP contribution in [0.4, 0.5) is 10.6 Å². The zero-order chi connectivity index (χ0) is 20.1. The van der Waals surface area contributed by atoms with Crippen molar-refractivity contribution in [3.05, 3.63) is 24.2 Å². The van der Waals surface area contributed by atoms with Gasteiger partial charge in [-0.2, -0.15) is 5.10 Å². The second-order valence-corrected chi connectivity index (χ2v) is 7.54. The molecule has 1 aliphatic carbocycles. The Kier molecular flexibility index (Phi) is 6.35. The lowest BCUT2D eigenvalue weighted by atomic mass is 9.71. The van der Waals surface area contributed by atoms with E-state index in [9.17, 15) is 4.79 Å². The van der Waals surface area contributed by atoms with E-state index in [1.54, 1.807) is 4.52 Å². The van der Waals surface area contributed by atoms with Crippen LogP contribution in [0.3, 0.4) is 0 Å². The average molecular weight is 392 g/mol. The number of aromatic nitrogens is 3. The van der Waals surface area contributed by atoms with Gasteiger partial charge in [0.25, 0.3) is 0 Å². The zero-order valence-corrected chi connectivity index (χ0v) is 16.3. The van der Waals surface area contributed by atoms with Gasteiger partial charge in [-0.3, -0.25) is 0 Å². The van der Waals surface area contributed by atoms with Gasteiger partial charge in [-0.25, -0.2) is 14.3 Å². The van der Waals surface area contributed by atoms with Gasteiger partial charge in [-0.15, -0.1) is 0 Å². The van der Waals surface area contributed by atoms with Gasteiger partial charge in [0, 0.05) is 12.5 Å². The fourth-order valence-corrected chi connectivity index (χ4v) is 3.62. The van der Waals surface area contributed by atoms with Gasteiger partial charge in [0.2, 0.25) is 0 Å². The van der Waals surface area contributed by atoms with Crippen LogP contribution in [0.1, 0.15) is 50.8 Å². The molecular weight excluding hydrogens is 364 g/mol. The van der Waals surface area contributed by atoms with E-state index in [1.165, 1.54) is 12.7 Å². The van der Waals surface area contributed by atoms with Crippen molar-refractivity contribution in [2.75, 3.05) is 26.1 Å². The van der Waals surface area contributed by atoms with Crippen molar-refractivity contribution >= 4 is 17.5 Å². The SMILES string of the molecule is CC1(COC(=O)OCC2CCC(c3ccc4c(N)ncnn34)O2)CCC1.CO. The summed E-state index contributed by atoms with van der Waals surface area (Å²) in [5.41, 5.74) is 7.69. The molecule has 9 nitrogen and oxygen atoms in total. The Morgan fingerprint density at radius 1 is 1.36 bits per heavy atom. The smallest absolute Gasteiger partial charge is 0.434 e. The molecule has 2 atom stereocenters. The lowest BCUT2D eigenvalue weighted by Gasteiger charge is -2.37. The van der Waals surface area contributed by atoms with Crippen molar-refractivity contribution < 1.29 is 24.1 Å². The fourth-order valence-electron chi connectivity index (χ4n) is 3.62. The highest BCUT2D eigenvalue weighted by Crippen LogP contribution is 2.40. The number of nitrogens with two attached hydrogens (primary N) is 1. The maximum atomic E-state index is 11.8. The van der Waals surface area contributed by atoms with Crippen LogP contribution < -0.4 is 5.73 Å². The summed E-state index contributed by atoms with van der Waals surface area (Å²) in [6, 6.07) is 3.83. The molecule has 1 saturated carbocycles. The Balaban J connectivity index is 0.00000109. The minimum atomic E-state index is -0.612. The molecule has 2 aliphatic rings. The summed E-state index contributed by atoms with van der Waals surface area (Å²) in [6.07, 6.45) is 5.62. The molecule has 1 aliphatic heterocycles. The van der Waals surface area contributed by atoms with Gasteiger partial charge in [0.15, 0.2) is 5.82 Å². The number of carbonyl (C=O) groups excluding carboxylic acids is 1. The van der Waals surface area contributed by atoms with Gasteiger partial charge in [-0.05, 0) is 37.8 Å². The number of rotatable bonds is 5. The molecule has 0 spiro atoms. The maximum Gasteiger partial charge on any atom is 0.508 e. The van der Waals surface area contributed by atoms with E-state index in [0.29, 0.717) is 12.4 Å². The van der Waals surface area contributed by atoms with Crippen LogP contribution in [0.5, 0.6) is 0 Å². The first-order valence-corrected chi connectivity index (χ1v) is 9.52. The molecule has 2 aromatic rings. The van der Waals surface area contributed by atoms with Crippen LogP contribution in [-0.2, 0) is 14.2 Å². The molecule has 9 heteroatoms. The number of hydrogen-bond acceptors (Lipinski definition) is 8. The zero-order valence-electron chi connectivity index (χ0n) is 16.3. The van der Waals surface area contributed by atoms with Crippen LogP contribution in [0, 0.1) is 5.41 Å². The highest BCUT2D eigenvalue weighted by Gasteiger charge is 2.34. The number of anilines is 1. The Morgan fingerprint density at radius 3 is 2.86 bits per heavy atom. The van der Waals surface area contributed by atoms with Gasteiger partial charge >= 0.3 is 6.16 Å². The summed E-state index contributed by atoms with van der Waals surface area (Å²) >= 11 is 0. The minimum Gasteiger partial charge on any atom is -0.434 e. The molecule has 1 saturated heterocycles. The monoisotopic (exact) mass is 392 g/mol. The summed E-state index contributed by atoms with van der Waals surface area (Å²) < 4.78 is 18.2.